The van der Waals surface area contributed by atoms with Gasteiger partial charge >= 0.3 is 0 Å². The van der Waals surface area contributed by atoms with E-state index in [2.05, 4.69) is 47.7 Å². The van der Waals surface area contributed by atoms with Crippen LogP contribution in [0.5, 0.6) is 0 Å². The Morgan fingerprint density at radius 3 is 2.58 bits per heavy atom. The number of thioether (sulfide) groups is 1. The lowest BCUT2D eigenvalue weighted by Crippen LogP contribution is -2.38. The molecule has 0 N–H and O–H groups in total. The molecule has 6 heteroatoms. The maximum absolute atomic E-state index is 12.7. The van der Waals surface area contributed by atoms with Crippen molar-refractivity contribution >= 4 is 17.7 Å². The number of rotatable bonds is 10. The summed E-state index contributed by atoms with van der Waals surface area (Å²) in [6.45, 7) is 9.85. The van der Waals surface area contributed by atoms with E-state index in [0.717, 1.165) is 43.3 Å². The van der Waals surface area contributed by atoms with Gasteiger partial charge in [0, 0.05) is 12.6 Å². The zero-order valence-electron chi connectivity index (χ0n) is 16.3. The fourth-order valence-electron chi connectivity index (χ4n) is 2.83. The molecule has 0 aliphatic carbocycles. The SMILES string of the molecule is CCCCCN(C(=O)CSc1nnc(C)n1Cc1ccccc1)C(C)C. The summed E-state index contributed by atoms with van der Waals surface area (Å²) in [5.74, 6) is 1.44. The number of carbonyl (C=O) groups is 1. The molecule has 1 heterocycles. The van der Waals surface area contributed by atoms with Crippen molar-refractivity contribution in [3.8, 4) is 0 Å². The predicted octanol–water partition coefficient (Wildman–Crippen LogP) is 4.15. The molecule has 0 atom stereocenters. The third-order valence-corrected chi connectivity index (χ3v) is 5.31. The van der Waals surface area contributed by atoms with E-state index in [0.29, 0.717) is 5.75 Å². The lowest BCUT2D eigenvalue weighted by atomic mass is 10.2. The zero-order valence-corrected chi connectivity index (χ0v) is 17.1. The van der Waals surface area contributed by atoms with Crippen LogP contribution in [-0.4, -0.2) is 43.9 Å². The Labute approximate surface area is 161 Å². The topological polar surface area (TPSA) is 51.0 Å². The van der Waals surface area contributed by atoms with E-state index in [-0.39, 0.29) is 11.9 Å². The third kappa shape index (κ3) is 5.87. The molecule has 5 nitrogen and oxygen atoms in total. The molecule has 1 amide bonds. The monoisotopic (exact) mass is 374 g/mol. The Morgan fingerprint density at radius 1 is 1.19 bits per heavy atom. The zero-order chi connectivity index (χ0) is 18.9. The van der Waals surface area contributed by atoms with E-state index in [1.807, 2.05) is 30.0 Å². The van der Waals surface area contributed by atoms with Gasteiger partial charge in [0.25, 0.3) is 0 Å². The van der Waals surface area contributed by atoms with Crippen LogP contribution in [0, 0.1) is 6.92 Å². The molecule has 0 bridgehead atoms. The molecular formula is C20H30N4OS. The van der Waals surface area contributed by atoms with Crippen LogP contribution < -0.4 is 0 Å². The van der Waals surface area contributed by atoms with Crippen molar-refractivity contribution in [1.82, 2.24) is 19.7 Å². The first-order valence-electron chi connectivity index (χ1n) is 9.39. The molecule has 0 unspecified atom stereocenters. The first-order valence-corrected chi connectivity index (χ1v) is 10.4. The predicted molar refractivity (Wildman–Crippen MR) is 107 cm³/mol. The lowest BCUT2D eigenvalue weighted by molar-refractivity contribution is -0.130. The van der Waals surface area contributed by atoms with E-state index in [9.17, 15) is 4.79 Å². The molecular weight excluding hydrogens is 344 g/mol. The minimum absolute atomic E-state index is 0.174. The quantitative estimate of drug-likeness (QED) is 0.463. The second kappa shape index (κ2) is 10.4. The molecule has 0 fully saturated rings. The van der Waals surface area contributed by atoms with E-state index in [4.69, 9.17) is 0 Å². The number of hydrogen-bond acceptors (Lipinski definition) is 4. The standard InChI is InChI=1S/C20H30N4OS/c1-5-6-10-13-23(16(2)3)19(25)15-26-20-22-21-17(4)24(20)14-18-11-8-7-9-12-18/h7-9,11-12,16H,5-6,10,13-15H2,1-4H3. The summed E-state index contributed by atoms with van der Waals surface area (Å²) in [5, 5.41) is 9.27. The molecule has 0 aliphatic heterocycles. The van der Waals surface area contributed by atoms with Crippen LogP contribution in [-0.2, 0) is 11.3 Å². The molecule has 0 spiro atoms. The van der Waals surface area contributed by atoms with Gasteiger partial charge in [0.2, 0.25) is 5.91 Å². The van der Waals surface area contributed by atoms with Gasteiger partial charge in [-0.15, -0.1) is 10.2 Å². The second-order valence-electron chi connectivity index (χ2n) is 6.78. The summed E-state index contributed by atoms with van der Waals surface area (Å²) in [5.41, 5.74) is 1.20. The number of amides is 1. The van der Waals surface area contributed by atoms with Gasteiger partial charge < -0.3 is 9.47 Å². The average Bonchev–Trinajstić information content (AvgIpc) is 2.97. The number of aromatic nitrogens is 3. The molecule has 2 rings (SSSR count). The summed E-state index contributed by atoms with van der Waals surface area (Å²) in [6, 6.07) is 10.5. The number of benzene rings is 1. The smallest absolute Gasteiger partial charge is 0.233 e. The Balaban J connectivity index is 1.99. The summed E-state index contributed by atoms with van der Waals surface area (Å²) >= 11 is 1.48. The van der Waals surface area contributed by atoms with Crippen molar-refractivity contribution in [2.75, 3.05) is 12.3 Å². The molecule has 26 heavy (non-hydrogen) atoms. The van der Waals surface area contributed by atoms with Crippen molar-refractivity contribution < 1.29 is 4.79 Å². The highest BCUT2D eigenvalue weighted by Gasteiger charge is 2.18. The highest BCUT2D eigenvalue weighted by atomic mass is 32.2. The number of hydrogen-bond donors (Lipinski definition) is 0. The molecule has 0 aliphatic rings. The van der Waals surface area contributed by atoms with Crippen LogP contribution in [0.15, 0.2) is 35.5 Å². The van der Waals surface area contributed by atoms with Gasteiger partial charge in [-0.3, -0.25) is 4.79 Å². The van der Waals surface area contributed by atoms with Crippen LogP contribution in [0.3, 0.4) is 0 Å². The molecule has 1 aromatic carbocycles. The summed E-state index contributed by atoms with van der Waals surface area (Å²) in [4.78, 5) is 14.7. The van der Waals surface area contributed by atoms with E-state index in [1.54, 1.807) is 0 Å². The van der Waals surface area contributed by atoms with Crippen molar-refractivity contribution in [2.24, 2.45) is 0 Å². The number of carbonyl (C=O) groups excluding carboxylic acids is 1. The Morgan fingerprint density at radius 2 is 1.92 bits per heavy atom. The van der Waals surface area contributed by atoms with Gasteiger partial charge in [-0.25, -0.2) is 0 Å². The van der Waals surface area contributed by atoms with Gasteiger partial charge in [-0.2, -0.15) is 0 Å². The van der Waals surface area contributed by atoms with Crippen LogP contribution in [0.4, 0.5) is 0 Å². The largest absolute Gasteiger partial charge is 0.340 e. The van der Waals surface area contributed by atoms with Gasteiger partial charge in [0.05, 0.1) is 12.3 Å². The first kappa shape index (κ1) is 20.5. The fourth-order valence-corrected chi connectivity index (χ4v) is 3.70. The van der Waals surface area contributed by atoms with Crippen molar-refractivity contribution in [1.29, 1.82) is 0 Å². The molecule has 2 aromatic rings. The van der Waals surface area contributed by atoms with Gasteiger partial charge in [0.15, 0.2) is 5.16 Å². The Bertz CT molecular complexity index is 684. The number of aryl methyl sites for hydroxylation is 1. The molecule has 0 radical (unpaired) electrons. The first-order chi connectivity index (χ1) is 12.5. The van der Waals surface area contributed by atoms with Gasteiger partial charge in [-0.05, 0) is 32.8 Å². The molecule has 142 valence electrons. The van der Waals surface area contributed by atoms with Crippen LogP contribution >= 0.6 is 11.8 Å². The van der Waals surface area contributed by atoms with Crippen molar-refractivity contribution in [3.05, 3.63) is 41.7 Å². The number of unbranched alkanes of at least 4 members (excludes halogenated alkanes) is 2. The molecule has 1 aromatic heterocycles. The van der Waals surface area contributed by atoms with E-state index >= 15 is 0 Å². The highest BCUT2D eigenvalue weighted by molar-refractivity contribution is 7.99. The summed E-state index contributed by atoms with van der Waals surface area (Å²) < 4.78 is 2.07. The minimum atomic E-state index is 0.174. The molecule has 0 saturated carbocycles. The number of nitrogens with zero attached hydrogens (tertiary/aromatic N) is 4. The van der Waals surface area contributed by atoms with Gasteiger partial charge in [0.1, 0.15) is 5.82 Å². The Kier molecular flexibility index (Phi) is 8.16. The second-order valence-corrected chi connectivity index (χ2v) is 7.72. The maximum Gasteiger partial charge on any atom is 0.233 e. The summed E-state index contributed by atoms with van der Waals surface area (Å²) in [7, 11) is 0. The Hall–Kier alpha value is -1.82. The normalized spacial score (nSPS) is 11.1. The third-order valence-electron chi connectivity index (χ3n) is 4.36. The van der Waals surface area contributed by atoms with Crippen LogP contribution in [0.25, 0.3) is 0 Å². The van der Waals surface area contributed by atoms with Crippen LogP contribution in [0.1, 0.15) is 51.4 Å². The average molecular weight is 375 g/mol. The summed E-state index contributed by atoms with van der Waals surface area (Å²) in [6.07, 6.45) is 3.39. The lowest BCUT2D eigenvalue weighted by Gasteiger charge is -2.26. The van der Waals surface area contributed by atoms with E-state index in [1.165, 1.54) is 17.3 Å². The highest BCUT2D eigenvalue weighted by Crippen LogP contribution is 2.19. The fraction of sp³-hybridized carbons (Fsp3) is 0.550. The molecule has 0 saturated heterocycles. The van der Waals surface area contributed by atoms with Crippen molar-refractivity contribution in [3.63, 3.8) is 0 Å². The van der Waals surface area contributed by atoms with Crippen LogP contribution in [0.2, 0.25) is 0 Å². The van der Waals surface area contributed by atoms with Gasteiger partial charge in [-0.1, -0.05) is 61.9 Å². The maximum atomic E-state index is 12.7. The van der Waals surface area contributed by atoms with E-state index < -0.39 is 0 Å². The minimum Gasteiger partial charge on any atom is -0.340 e. The van der Waals surface area contributed by atoms with Crippen molar-refractivity contribution in [2.45, 2.75) is 64.7 Å².